The Balaban J connectivity index is 1.79. The zero-order chi connectivity index (χ0) is 18.0. The van der Waals surface area contributed by atoms with E-state index in [-0.39, 0.29) is 18.5 Å². The number of fused-ring (bicyclic) bond motifs is 1. The Morgan fingerprint density at radius 3 is 2.80 bits per heavy atom. The second kappa shape index (κ2) is 6.84. The number of aryl methyl sites for hydroxylation is 1. The molecule has 1 aromatic heterocycles. The summed E-state index contributed by atoms with van der Waals surface area (Å²) in [5, 5.41) is 2.91. The number of hydrogen-bond donors (Lipinski definition) is 1. The average molecular weight is 340 g/mol. The number of methoxy groups -OCH3 is 1. The Kier molecular flexibility index (Phi) is 4.61. The van der Waals surface area contributed by atoms with Gasteiger partial charge < -0.3 is 14.5 Å². The van der Waals surface area contributed by atoms with Gasteiger partial charge >= 0.3 is 5.76 Å². The summed E-state index contributed by atoms with van der Waals surface area (Å²) in [4.78, 5) is 24.4. The molecule has 2 aromatic carbocycles. The molecule has 6 heteroatoms. The van der Waals surface area contributed by atoms with Gasteiger partial charge in [-0.3, -0.25) is 9.36 Å². The van der Waals surface area contributed by atoms with Crippen molar-refractivity contribution in [3.8, 4) is 5.75 Å². The minimum atomic E-state index is -0.544. The van der Waals surface area contributed by atoms with E-state index in [4.69, 9.17) is 9.15 Å². The number of nitrogens with zero attached hydrogens (tertiary/aromatic N) is 1. The molecule has 0 radical (unpaired) electrons. The van der Waals surface area contributed by atoms with Crippen LogP contribution >= 0.6 is 0 Å². The molecule has 1 N–H and O–H groups in total. The van der Waals surface area contributed by atoms with Gasteiger partial charge in [-0.25, -0.2) is 4.79 Å². The highest BCUT2D eigenvalue weighted by Crippen LogP contribution is 2.26. The first-order chi connectivity index (χ1) is 12.0. The van der Waals surface area contributed by atoms with Crippen molar-refractivity contribution in [2.24, 2.45) is 0 Å². The van der Waals surface area contributed by atoms with Gasteiger partial charge in [0.1, 0.15) is 12.3 Å². The molecule has 130 valence electrons. The molecule has 0 aliphatic rings. The lowest BCUT2D eigenvalue weighted by molar-refractivity contribution is -0.122. The summed E-state index contributed by atoms with van der Waals surface area (Å²) in [6, 6.07) is 12.6. The predicted octanol–water partition coefficient (Wildman–Crippen LogP) is 2.79. The molecule has 1 heterocycles. The fourth-order valence-corrected chi connectivity index (χ4v) is 2.86. The van der Waals surface area contributed by atoms with Gasteiger partial charge in [-0.15, -0.1) is 0 Å². The second-order valence-electron chi connectivity index (χ2n) is 5.96. The zero-order valence-corrected chi connectivity index (χ0v) is 14.4. The van der Waals surface area contributed by atoms with Crippen LogP contribution in [0.25, 0.3) is 11.1 Å². The number of rotatable bonds is 5. The van der Waals surface area contributed by atoms with E-state index in [1.807, 2.05) is 32.0 Å². The summed E-state index contributed by atoms with van der Waals surface area (Å²) in [6.07, 6.45) is 0. The smallest absolute Gasteiger partial charge is 0.420 e. The number of para-hydroxylation sites is 2. The number of benzene rings is 2. The van der Waals surface area contributed by atoms with E-state index in [1.165, 1.54) is 4.57 Å². The molecule has 1 atom stereocenters. The number of carbonyl (C=O) groups is 1. The second-order valence-corrected chi connectivity index (χ2v) is 5.96. The van der Waals surface area contributed by atoms with Crippen LogP contribution in [0.1, 0.15) is 24.1 Å². The maximum absolute atomic E-state index is 12.4. The Labute approximate surface area is 145 Å². The molecule has 0 aliphatic heterocycles. The van der Waals surface area contributed by atoms with Gasteiger partial charge in [0, 0.05) is 5.56 Å². The first kappa shape index (κ1) is 16.8. The lowest BCUT2D eigenvalue weighted by atomic mass is 10.0. The number of aromatic nitrogens is 1. The summed E-state index contributed by atoms with van der Waals surface area (Å²) < 4.78 is 11.8. The van der Waals surface area contributed by atoms with Crippen molar-refractivity contribution in [1.29, 1.82) is 0 Å². The molecule has 25 heavy (non-hydrogen) atoms. The van der Waals surface area contributed by atoms with Crippen molar-refractivity contribution in [2.45, 2.75) is 26.4 Å². The Hall–Kier alpha value is -3.02. The van der Waals surface area contributed by atoms with Crippen molar-refractivity contribution >= 4 is 17.0 Å². The molecule has 3 aromatic rings. The standard InChI is InChI=1S/C19H20N2O4/c1-12-8-9-16(24-3)14(10-12)13(2)20-18(22)11-21-15-6-4-5-7-17(15)25-19(21)23/h4-10,13H,11H2,1-3H3,(H,20,22). The summed E-state index contributed by atoms with van der Waals surface area (Å²) >= 11 is 0. The lowest BCUT2D eigenvalue weighted by Crippen LogP contribution is -2.32. The van der Waals surface area contributed by atoms with Crippen molar-refractivity contribution in [3.05, 3.63) is 64.1 Å². The number of nitrogens with one attached hydrogen (secondary N) is 1. The third-order valence-corrected chi connectivity index (χ3v) is 4.10. The molecule has 1 unspecified atom stereocenters. The van der Waals surface area contributed by atoms with Gasteiger partial charge in [0.05, 0.1) is 18.7 Å². The highest BCUT2D eigenvalue weighted by atomic mass is 16.5. The molecule has 0 saturated heterocycles. The van der Waals surface area contributed by atoms with Gasteiger partial charge in [0.15, 0.2) is 5.58 Å². The van der Waals surface area contributed by atoms with Gasteiger partial charge in [-0.2, -0.15) is 0 Å². The van der Waals surface area contributed by atoms with Crippen LogP contribution in [0.15, 0.2) is 51.7 Å². The van der Waals surface area contributed by atoms with Crippen LogP contribution in [0, 0.1) is 6.92 Å². The molecule has 6 nitrogen and oxygen atoms in total. The predicted molar refractivity (Wildman–Crippen MR) is 94.8 cm³/mol. The molecular weight excluding hydrogens is 320 g/mol. The van der Waals surface area contributed by atoms with E-state index in [9.17, 15) is 9.59 Å². The molecule has 0 spiro atoms. The van der Waals surface area contributed by atoms with Gasteiger partial charge in [-0.1, -0.05) is 29.8 Å². The Morgan fingerprint density at radius 1 is 1.28 bits per heavy atom. The van der Waals surface area contributed by atoms with Gasteiger partial charge in [0.25, 0.3) is 0 Å². The van der Waals surface area contributed by atoms with E-state index in [1.54, 1.807) is 31.4 Å². The molecule has 0 saturated carbocycles. The van der Waals surface area contributed by atoms with Crippen LogP contribution in [-0.4, -0.2) is 17.6 Å². The van der Waals surface area contributed by atoms with Gasteiger partial charge in [0.2, 0.25) is 5.91 Å². The summed E-state index contributed by atoms with van der Waals surface area (Å²) in [7, 11) is 1.60. The number of oxazole rings is 1. The van der Waals surface area contributed by atoms with Crippen LogP contribution in [0.2, 0.25) is 0 Å². The Bertz CT molecular complexity index is 971. The average Bonchev–Trinajstić information content (AvgIpc) is 2.90. The number of hydrogen-bond acceptors (Lipinski definition) is 4. The molecule has 0 aliphatic carbocycles. The Morgan fingerprint density at radius 2 is 2.04 bits per heavy atom. The SMILES string of the molecule is COc1ccc(C)cc1C(C)NC(=O)Cn1c(=O)oc2ccccc21. The van der Waals surface area contributed by atoms with Crippen LogP contribution in [0.5, 0.6) is 5.75 Å². The quantitative estimate of drug-likeness (QED) is 0.775. The molecule has 0 bridgehead atoms. The zero-order valence-electron chi connectivity index (χ0n) is 14.4. The fourth-order valence-electron chi connectivity index (χ4n) is 2.86. The number of ether oxygens (including phenoxy) is 1. The maximum Gasteiger partial charge on any atom is 0.420 e. The molecule has 3 rings (SSSR count). The minimum Gasteiger partial charge on any atom is -0.496 e. The first-order valence-corrected chi connectivity index (χ1v) is 8.02. The van der Waals surface area contributed by atoms with Crippen LogP contribution in [0.3, 0.4) is 0 Å². The molecular formula is C19H20N2O4. The van der Waals surface area contributed by atoms with E-state index < -0.39 is 5.76 Å². The lowest BCUT2D eigenvalue weighted by Gasteiger charge is -2.18. The van der Waals surface area contributed by atoms with Gasteiger partial charge in [-0.05, 0) is 32.0 Å². The summed E-state index contributed by atoms with van der Waals surface area (Å²) in [5.74, 6) is -0.105. The molecule has 1 amide bonds. The van der Waals surface area contributed by atoms with Crippen LogP contribution in [-0.2, 0) is 11.3 Å². The van der Waals surface area contributed by atoms with E-state index in [0.717, 1.165) is 11.1 Å². The van der Waals surface area contributed by atoms with Crippen molar-refractivity contribution in [3.63, 3.8) is 0 Å². The van der Waals surface area contributed by atoms with E-state index >= 15 is 0 Å². The van der Waals surface area contributed by atoms with Crippen LogP contribution in [0.4, 0.5) is 0 Å². The summed E-state index contributed by atoms with van der Waals surface area (Å²) in [5.41, 5.74) is 3.03. The van der Waals surface area contributed by atoms with E-state index in [0.29, 0.717) is 16.8 Å². The largest absolute Gasteiger partial charge is 0.496 e. The number of carbonyl (C=O) groups excluding carboxylic acids is 1. The third kappa shape index (κ3) is 3.42. The summed E-state index contributed by atoms with van der Waals surface area (Å²) in [6.45, 7) is 3.76. The third-order valence-electron chi connectivity index (χ3n) is 4.10. The van der Waals surface area contributed by atoms with E-state index in [2.05, 4.69) is 5.32 Å². The first-order valence-electron chi connectivity index (χ1n) is 8.02. The van der Waals surface area contributed by atoms with Crippen molar-refractivity contribution in [1.82, 2.24) is 9.88 Å². The monoisotopic (exact) mass is 340 g/mol. The topological polar surface area (TPSA) is 73.5 Å². The van der Waals surface area contributed by atoms with Crippen molar-refractivity contribution in [2.75, 3.05) is 7.11 Å². The normalized spacial score (nSPS) is 12.1. The fraction of sp³-hybridized carbons (Fsp3) is 0.263. The highest BCUT2D eigenvalue weighted by Gasteiger charge is 2.17. The van der Waals surface area contributed by atoms with Crippen molar-refractivity contribution < 1.29 is 13.9 Å². The minimum absolute atomic E-state index is 0.103. The maximum atomic E-state index is 12.4. The van der Waals surface area contributed by atoms with Crippen LogP contribution < -0.4 is 15.8 Å². The highest BCUT2D eigenvalue weighted by molar-refractivity contribution is 5.79. The number of amides is 1. The molecule has 0 fully saturated rings.